The standard InChI is InChI=1S/C25H49ClN2O3/c1-2-3-4-5-6-7-8-9-10-11-12-13-14-15-16-17-18-23-27-21-22(24(26)25(30)31)28(23)19-20-29/h22-24,27,29H,2-21H2,1H3,(H,30,31). The minimum absolute atomic E-state index is 0.0247. The summed E-state index contributed by atoms with van der Waals surface area (Å²) in [6.07, 6.45) is 22.9. The van der Waals surface area contributed by atoms with Gasteiger partial charge in [-0.1, -0.05) is 110 Å². The molecule has 1 rings (SSSR count). The van der Waals surface area contributed by atoms with Gasteiger partial charge in [0.2, 0.25) is 0 Å². The second-order valence-electron chi connectivity index (χ2n) is 9.28. The number of hydrogen-bond donors (Lipinski definition) is 3. The zero-order valence-corrected chi connectivity index (χ0v) is 20.8. The molecule has 3 N–H and O–H groups in total. The van der Waals surface area contributed by atoms with Crippen molar-refractivity contribution in [1.29, 1.82) is 0 Å². The van der Waals surface area contributed by atoms with Gasteiger partial charge in [-0.25, -0.2) is 0 Å². The summed E-state index contributed by atoms with van der Waals surface area (Å²) >= 11 is 6.06. The van der Waals surface area contributed by atoms with Gasteiger partial charge in [0.05, 0.1) is 18.8 Å². The zero-order chi connectivity index (χ0) is 22.7. The van der Waals surface area contributed by atoms with Crippen LogP contribution in [0.15, 0.2) is 0 Å². The molecule has 0 amide bonds. The molecule has 0 radical (unpaired) electrons. The van der Waals surface area contributed by atoms with Gasteiger partial charge in [0.1, 0.15) is 5.38 Å². The lowest BCUT2D eigenvalue weighted by Gasteiger charge is -2.29. The molecule has 0 aromatic rings. The summed E-state index contributed by atoms with van der Waals surface area (Å²) in [6.45, 7) is 3.34. The molecule has 1 saturated heterocycles. The SMILES string of the molecule is CCCCCCCCCCCCCCCCCCC1NCC(C(Cl)C(=O)O)N1CCO. The molecule has 1 aliphatic rings. The minimum Gasteiger partial charge on any atom is -0.480 e. The van der Waals surface area contributed by atoms with Crippen molar-refractivity contribution in [2.45, 2.75) is 134 Å². The third kappa shape index (κ3) is 13.1. The maximum atomic E-state index is 11.2. The quantitative estimate of drug-likeness (QED) is 0.146. The average molecular weight is 461 g/mol. The van der Waals surface area contributed by atoms with Gasteiger partial charge in [0, 0.05) is 13.1 Å². The first kappa shape index (κ1) is 28.7. The van der Waals surface area contributed by atoms with E-state index in [-0.39, 0.29) is 18.8 Å². The van der Waals surface area contributed by atoms with Crippen molar-refractivity contribution in [2.75, 3.05) is 19.7 Å². The molecule has 31 heavy (non-hydrogen) atoms. The topological polar surface area (TPSA) is 72.8 Å². The van der Waals surface area contributed by atoms with Crippen LogP contribution in [0.25, 0.3) is 0 Å². The number of hydrogen-bond acceptors (Lipinski definition) is 4. The van der Waals surface area contributed by atoms with Crippen LogP contribution in [-0.4, -0.2) is 58.4 Å². The lowest BCUT2D eigenvalue weighted by Crippen LogP contribution is -2.46. The summed E-state index contributed by atoms with van der Waals surface area (Å²) < 4.78 is 0. The number of carboxylic acid groups (broad SMARTS) is 1. The maximum absolute atomic E-state index is 11.2. The fourth-order valence-corrected chi connectivity index (χ4v) is 4.98. The molecule has 0 aliphatic carbocycles. The summed E-state index contributed by atoms with van der Waals surface area (Å²) in [5.41, 5.74) is 0. The predicted molar refractivity (Wildman–Crippen MR) is 131 cm³/mol. The number of nitrogens with one attached hydrogen (secondary N) is 1. The molecule has 184 valence electrons. The minimum atomic E-state index is -0.987. The van der Waals surface area contributed by atoms with Crippen LogP contribution in [0.2, 0.25) is 0 Å². The molecule has 1 aliphatic heterocycles. The van der Waals surface area contributed by atoms with Crippen molar-refractivity contribution >= 4 is 17.6 Å². The van der Waals surface area contributed by atoms with Crippen LogP contribution in [0.4, 0.5) is 0 Å². The molecule has 6 heteroatoms. The van der Waals surface area contributed by atoms with Crippen molar-refractivity contribution in [1.82, 2.24) is 10.2 Å². The van der Waals surface area contributed by atoms with Crippen molar-refractivity contribution in [2.24, 2.45) is 0 Å². The fraction of sp³-hybridized carbons (Fsp3) is 0.960. The number of β-amino-alcohol motifs (C(OH)–C–C–N with tert-alkyl or cyclic N) is 1. The van der Waals surface area contributed by atoms with Gasteiger partial charge in [0.15, 0.2) is 0 Å². The molecule has 3 atom stereocenters. The van der Waals surface area contributed by atoms with Crippen molar-refractivity contribution in [3.8, 4) is 0 Å². The number of alkyl halides is 1. The third-order valence-electron chi connectivity index (χ3n) is 6.65. The van der Waals surface area contributed by atoms with E-state index >= 15 is 0 Å². The number of aliphatic carboxylic acids is 1. The van der Waals surface area contributed by atoms with E-state index < -0.39 is 11.3 Å². The van der Waals surface area contributed by atoms with Crippen LogP contribution in [0, 0.1) is 0 Å². The van der Waals surface area contributed by atoms with E-state index in [0.29, 0.717) is 13.1 Å². The van der Waals surface area contributed by atoms with Crippen LogP contribution >= 0.6 is 11.6 Å². The number of carboxylic acids is 1. The number of halogens is 1. The van der Waals surface area contributed by atoms with E-state index in [4.69, 9.17) is 11.6 Å². The molecule has 0 aromatic heterocycles. The lowest BCUT2D eigenvalue weighted by atomic mass is 10.0. The van der Waals surface area contributed by atoms with Crippen molar-refractivity contribution in [3.63, 3.8) is 0 Å². The van der Waals surface area contributed by atoms with Crippen LogP contribution in [0.3, 0.4) is 0 Å². The van der Waals surface area contributed by atoms with Crippen LogP contribution in [0.1, 0.15) is 116 Å². The number of nitrogens with zero attached hydrogens (tertiary/aromatic N) is 1. The average Bonchev–Trinajstić information content (AvgIpc) is 3.15. The molecule has 3 unspecified atom stereocenters. The maximum Gasteiger partial charge on any atom is 0.323 e. The summed E-state index contributed by atoms with van der Waals surface area (Å²) in [5.74, 6) is -0.987. The normalized spacial score (nSPS) is 20.4. The highest BCUT2D eigenvalue weighted by Crippen LogP contribution is 2.22. The number of unbranched alkanes of at least 4 members (excludes halogenated alkanes) is 15. The second kappa shape index (κ2) is 19.1. The molecule has 5 nitrogen and oxygen atoms in total. The number of aliphatic hydroxyl groups is 1. The van der Waals surface area contributed by atoms with E-state index in [2.05, 4.69) is 12.2 Å². The summed E-state index contributed by atoms with van der Waals surface area (Å²) in [7, 11) is 0. The molecule has 0 aromatic carbocycles. The number of aliphatic hydroxyl groups excluding tert-OH is 1. The van der Waals surface area contributed by atoms with Crippen LogP contribution in [0.5, 0.6) is 0 Å². The molecule has 1 heterocycles. The van der Waals surface area contributed by atoms with Gasteiger partial charge in [-0.05, 0) is 6.42 Å². The Morgan fingerprint density at radius 1 is 0.903 bits per heavy atom. The van der Waals surface area contributed by atoms with E-state index in [9.17, 15) is 15.0 Å². The lowest BCUT2D eigenvalue weighted by molar-refractivity contribution is -0.137. The second-order valence-corrected chi connectivity index (χ2v) is 9.75. The molecule has 1 fully saturated rings. The highest BCUT2D eigenvalue weighted by Gasteiger charge is 2.39. The van der Waals surface area contributed by atoms with Gasteiger partial charge in [-0.15, -0.1) is 11.6 Å². The monoisotopic (exact) mass is 460 g/mol. The van der Waals surface area contributed by atoms with E-state index in [0.717, 1.165) is 12.8 Å². The Hall–Kier alpha value is -0.360. The zero-order valence-electron chi connectivity index (χ0n) is 20.0. The largest absolute Gasteiger partial charge is 0.480 e. The highest BCUT2D eigenvalue weighted by molar-refractivity contribution is 6.30. The molecule has 0 saturated carbocycles. The highest BCUT2D eigenvalue weighted by atomic mass is 35.5. The summed E-state index contributed by atoms with van der Waals surface area (Å²) in [4.78, 5) is 13.2. The van der Waals surface area contributed by atoms with E-state index in [1.165, 1.54) is 96.3 Å². The Kier molecular flexibility index (Phi) is 17.7. The predicted octanol–water partition coefficient (Wildman–Crippen LogP) is 5.92. The Labute approximate surface area is 196 Å². The molecule has 0 spiro atoms. The molecule has 0 bridgehead atoms. The van der Waals surface area contributed by atoms with E-state index in [1.807, 2.05) is 4.90 Å². The van der Waals surface area contributed by atoms with Gasteiger partial charge in [-0.2, -0.15) is 0 Å². The first-order valence-electron chi connectivity index (χ1n) is 13.1. The Morgan fingerprint density at radius 2 is 1.35 bits per heavy atom. The van der Waals surface area contributed by atoms with Gasteiger partial charge in [0.25, 0.3) is 0 Å². The summed E-state index contributed by atoms with van der Waals surface area (Å²) in [5, 5.41) is 21.0. The fourth-order valence-electron chi connectivity index (χ4n) is 4.75. The number of rotatable bonds is 21. The Bertz CT molecular complexity index is 439. The third-order valence-corrected chi connectivity index (χ3v) is 7.13. The van der Waals surface area contributed by atoms with Crippen LogP contribution in [-0.2, 0) is 4.79 Å². The molecular formula is C25H49ClN2O3. The Balaban J connectivity index is 1.95. The van der Waals surface area contributed by atoms with Crippen LogP contribution < -0.4 is 5.32 Å². The van der Waals surface area contributed by atoms with E-state index in [1.54, 1.807) is 0 Å². The van der Waals surface area contributed by atoms with Crippen molar-refractivity contribution in [3.05, 3.63) is 0 Å². The first-order chi connectivity index (χ1) is 15.1. The van der Waals surface area contributed by atoms with Gasteiger partial charge in [-0.3, -0.25) is 9.69 Å². The number of carbonyl (C=O) groups is 1. The summed E-state index contributed by atoms with van der Waals surface area (Å²) in [6, 6.07) is -0.252. The molecular weight excluding hydrogens is 412 g/mol. The van der Waals surface area contributed by atoms with Gasteiger partial charge < -0.3 is 15.5 Å². The smallest absolute Gasteiger partial charge is 0.323 e. The van der Waals surface area contributed by atoms with Crippen molar-refractivity contribution < 1.29 is 15.0 Å². The first-order valence-corrected chi connectivity index (χ1v) is 13.5. The Morgan fingerprint density at radius 3 is 1.77 bits per heavy atom. The van der Waals surface area contributed by atoms with Gasteiger partial charge >= 0.3 is 5.97 Å².